The number of hydrogen-bond donors (Lipinski definition) is 1. The lowest BCUT2D eigenvalue weighted by Crippen LogP contribution is -2.34. The van der Waals surface area contributed by atoms with Gasteiger partial charge in [-0.05, 0) is 36.6 Å². The summed E-state index contributed by atoms with van der Waals surface area (Å²) >= 11 is 1.37. The van der Waals surface area contributed by atoms with Crippen LogP contribution < -0.4 is 10.1 Å². The van der Waals surface area contributed by atoms with E-state index in [1.165, 1.54) is 36.6 Å². The second-order valence-corrected chi connectivity index (χ2v) is 5.78. The van der Waals surface area contributed by atoms with Crippen LogP contribution in [0.4, 0.5) is 4.39 Å². The lowest BCUT2D eigenvalue weighted by molar-refractivity contribution is 0.0919. The highest BCUT2D eigenvalue weighted by Crippen LogP contribution is 2.18. The van der Waals surface area contributed by atoms with E-state index in [-0.39, 0.29) is 35.5 Å². The fourth-order valence-corrected chi connectivity index (χ4v) is 2.65. The third-order valence-corrected chi connectivity index (χ3v) is 3.99. The predicted molar refractivity (Wildman–Crippen MR) is 83.1 cm³/mol. The van der Waals surface area contributed by atoms with Crippen molar-refractivity contribution < 1.29 is 18.7 Å². The van der Waals surface area contributed by atoms with Crippen LogP contribution in [0.25, 0.3) is 0 Å². The molecule has 1 amide bonds. The van der Waals surface area contributed by atoms with Crippen LogP contribution in [0.1, 0.15) is 33.4 Å². The highest BCUT2D eigenvalue weighted by Gasteiger charge is 2.16. The summed E-state index contributed by atoms with van der Waals surface area (Å²) in [6.07, 6.45) is 0.213. The predicted octanol–water partition coefficient (Wildman–Crippen LogP) is 3.29. The summed E-state index contributed by atoms with van der Waals surface area (Å²) in [6.45, 7) is 1.75. The number of thiophene rings is 1. The maximum absolute atomic E-state index is 13.3. The number of methoxy groups -OCH3 is 1. The first kappa shape index (κ1) is 16.2. The Balaban J connectivity index is 1.98. The molecule has 1 heterocycles. The third kappa shape index (κ3) is 3.92. The first-order chi connectivity index (χ1) is 10.5. The fourth-order valence-electron chi connectivity index (χ4n) is 1.98. The van der Waals surface area contributed by atoms with Gasteiger partial charge in [-0.1, -0.05) is 6.07 Å². The van der Waals surface area contributed by atoms with E-state index in [1.54, 1.807) is 13.0 Å². The summed E-state index contributed by atoms with van der Waals surface area (Å²) in [5.41, 5.74) is 0.286. The van der Waals surface area contributed by atoms with Crippen molar-refractivity contribution in [2.24, 2.45) is 0 Å². The van der Waals surface area contributed by atoms with Crippen molar-refractivity contribution in [3.05, 3.63) is 52.0 Å². The minimum Gasteiger partial charge on any atom is -0.494 e. The molecule has 0 bridgehead atoms. The average Bonchev–Trinajstić information content (AvgIpc) is 3.01. The topological polar surface area (TPSA) is 55.4 Å². The summed E-state index contributed by atoms with van der Waals surface area (Å²) in [4.78, 5) is 24.7. The lowest BCUT2D eigenvalue weighted by Gasteiger charge is -2.13. The van der Waals surface area contributed by atoms with Gasteiger partial charge in [0.25, 0.3) is 5.91 Å². The Morgan fingerprint density at radius 3 is 2.77 bits per heavy atom. The number of hydrogen-bond acceptors (Lipinski definition) is 4. The number of nitrogens with one attached hydrogen (secondary N) is 1. The molecule has 0 saturated heterocycles. The lowest BCUT2D eigenvalue weighted by atomic mass is 10.1. The molecule has 0 fully saturated rings. The molecule has 0 unspecified atom stereocenters. The molecule has 1 atom stereocenters. The number of rotatable bonds is 6. The number of carbonyl (C=O) groups is 2. The Kier molecular flexibility index (Phi) is 5.27. The maximum Gasteiger partial charge on any atom is 0.251 e. The number of carbonyl (C=O) groups excluding carboxylic acids is 2. The molecule has 1 N–H and O–H groups in total. The van der Waals surface area contributed by atoms with Crippen molar-refractivity contribution in [1.82, 2.24) is 5.32 Å². The first-order valence-electron chi connectivity index (χ1n) is 6.72. The van der Waals surface area contributed by atoms with Gasteiger partial charge in [-0.3, -0.25) is 9.59 Å². The van der Waals surface area contributed by atoms with Gasteiger partial charge in [-0.25, -0.2) is 4.39 Å². The molecule has 116 valence electrons. The highest BCUT2D eigenvalue weighted by molar-refractivity contribution is 7.12. The Hall–Kier alpha value is -2.21. The number of amides is 1. The van der Waals surface area contributed by atoms with E-state index in [9.17, 15) is 14.0 Å². The van der Waals surface area contributed by atoms with E-state index in [0.29, 0.717) is 4.88 Å². The SMILES string of the molecule is COc1cc(C(=O)N[C@H](C)CC(=O)c2cccs2)ccc1F. The zero-order chi connectivity index (χ0) is 16.1. The fraction of sp³-hybridized carbons (Fsp3) is 0.250. The van der Waals surface area contributed by atoms with E-state index in [1.807, 2.05) is 11.4 Å². The molecule has 2 aromatic rings. The van der Waals surface area contributed by atoms with Crippen LogP contribution >= 0.6 is 11.3 Å². The monoisotopic (exact) mass is 321 g/mol. The second kappa shape index (κ2) is 7.17. The smallest absolute Gasteiger partial charge is 0.251 e. The third-order valence-electron chi connectivity index (χ3n) is 3.08. The van der Waals surface area contributed by atoms with Gasteiger partial charge in [0.05, 0.1) is 12.0 Å². The van der Waals surface area contributed by atoms with Crippen LogP contribution in [0, 0.1) is 5.82 Å². The maximum atomic E-state index is 13.3. The zero-order valence-corrected chi connectivity index (χ0v) is 13.1. The van der Waals surface area contributed by atoms with E-state index >= 15 is 0 Å². The molecule has 1 aromatic carbocycles. The summed E-state index contributed by atoms with van der Waals surface area (Å²) in [6, 6.07) is 7.13. The number of ketones is 1. The molecular formula is C16H16FNO3S. The summed E-state index contributed by atoms with van der Waals surface area (Å²) in [5, 5.41) is 4.56. The van der Waals surface area contributed by atoms with Gasteiger partial charge in [0.2, 0.25) is 0 Å². The van der Waals surface area contributed by atoms with Crippen molar-refractivity contribution in [2.75, 3.05) is 7.11 Å². The van der Waals surface area contributed by atoms with Gasteiger partial charge in [-0.15, -0.1) is 11.3 Å². The Morgan fingerprint density at radius 1 is 1.36 bits per heavy atom. The van der Waals surface area contributed by atoms with E-state index in [0.717, 1.165) is 0 Å². The van der Waals surface area contributed by atoms with Gasteiger partial charge in [0.1, 0.15) is 0 Å². The van der Waals surface area contributed by atoms with Crippen LogP contribution in [0.3, 0.4) is 0 Å². The molecule has 0 saturated carbocycles. The molecule has 1 aromatic heterocycles. The minimum atomic E-state index is -0.528. The highest BCUT2D eigenvalue weighted by atomic mass is 32.1. The van der Waals surface area contributed by atoms with E-state index < -0.39 is 5.82 Å². The quantitative estimate of drug-likeness (QED) is 0.831. The van der Waals surface area contributed by atoms with Gasteiger partial charge in [0.15, 0.2) is 17.3 Å². The van der Waals surface area contributed by atoms with Crippen molar-refractivity contribution in [2.45, 2.75) is 19.4 Å². The number of halogens is 1. The van der Waals surface area contributed by atoms with Crippen LogP contribution in [-0.4, -0.2) is 24.8 Å². The number of benzene rings is 1. The molecule has 22 heavy (non-hydrogen) atoms. The normalized spacial score (nSPS) is 11.8. The van der Waals surface area contributed by atoms with Gasteiger partial charge >= 0.3 is 0 Å². The van der Waals surface area contributed by atoms with E-state index in [2.05, 4.69) is 5.32 Å². The Bertz CT molecular complexity index is 670. The molecule has 0 aliphatic carbocycles. The molecule has 0 aliphatic rings. The number of ether oxygens (including phenoxy) is 1. The second-order valence-electron chi connectivity index (χ2n) is 4.83. The Labute approximate surface area is 131 Å². The average molecular weight is 321 g/mol. The molecule has 2 rings (SSSR count). The molecule has 0 aliphatic heterocycles. The van der Waals surface area contributed by atoms with Crippen molar-refractivity contribution >= 4 is 23.0 Å². The molecule has 0 radical (unpaired) electrons. The molecule has 6 heteroatoms. The van der Waals surface area contributed by atoms with Gasteiger partial charge < -0.3 is 10.1 Å². The Morgan fingerprint density at radius 2 is 2.14 bits per heavy atom. The summed E-state index contributed by atoms with van der Waals surface area (Å²) in [5.74, 6) is -0.904. The van der Waals surface area contributed by atoms with Crippen molar-refractivity contribution in [3.8, 4) is 5.75 Å². The standard InChI is InChI=1S/C16H16FNO3S/c1-10(8-13(19)15-4-3-7-22-15)18-16(20)11-5-6-12(17)14(9-11)21-2/h3-7,9-10H,8H2,1-2H3,(H,18,20)/t10-/m1/s1. The van der Waals surface area contributed by atoms with Crippen LogP contribution in [0.15, 0.2) is 35.7 Å². The molecular weight excluding hydrogens is 305 g/mol. The van der Waals surface area contributed by atoms with Crippen LogP contribution in [-0.2, 0) is 0 Å². The largest absolute Gasteiger partial charge is 0.494 e. The van der Waals surface area contributed by atoms with Crippen LogP contribution in [0.2, 0.25) is 0 Å². The minimum absolute atomic E-state index is 0.00923. The summed E-state index contributed by atoms with van der Waals surface area (Å²) in [7, 11) is 1.34. The van der Waals surface area contributed by atoms with Crippen molar-refractivity contribution in [1.29, 1.82) is 0 Å². The summed E-state index contributed by atoms with van der Waals surface area (Å²) < 4.78 is 18.2. The van der Waals surface area contributed by atoms with Crippen LogP contribution in [0.5, 0.6) is 5.75 Å². The molecule has 4 nitrogen and oxygen atoms in total. The van der Waals surface area contributed by atoms with Gasteiger partial charge in [0, 0.05) is 18.0 Å². The zero-order valence-electron chi connectivity index (χ0n) is 12.3. The van der Waals surface area contributed by atoms with Crippen molar-refractivity contribution in [3.63, 3.8) is 0 Å². The molecule has 0 spiro atoms. The van der Waals surface area contributed by atoms with E-state index in [4.69, 9.17) is 4.74 Å². The first-order valence-corrected chi connectivity index (χ1v) is 7.60. The number of Topliss-reactive ketones (excluding diaryl/α,β-unsaturated/α-hetero) is 1. The van der Waals surface area contributed by atoms with Gasteiger partial charge in [-0.2, -0.15) is 0 Å².